The Morgan fingerprint density at radius 3 is 2.68 bits per heavy atom. The fraction of sp³-hybridized carbons (Fsp3) is 0.333. The highest BCUT2D eigenvalue weighted by Crippen LogP contribution is 2.26. The molecule has 7 heteroatoms. The van der Waals surface area contributed by atoms with Crippen LogP contribution in [0, 0.1) is 0 Å². The molecule has 2 aromatic rings. The molecule has 1 atom stereocenters. The smallest absolute Gasteiger partial charge is 0.250 e. The maximum Gasteiger partial charge on any atom is 0.250 e. The molecule has 0 aliphatic rings. The second kappa shape index (κ2) is 6.15. The van der Waals surface area contributed by atoms with Gasteiger partial charge >= 0.3 is 0 Å². The van der Waals surface area contributed by atoms with Crippen molar-refractivity contribution in [2.24, 2.45) is 5.73 Å². The maximum atomic E-state index is 12.3. The predicted molar refractivity (Wildman–Crippen MR) is 79.9 cm³/mol. The van der Waals surface area contributed by atoms with Crippen LogP contribution in [0.3, 0.4) is 0 Å². The van der Waals surface area contributed by atoms with Gasteiger partial charge in [-0.05, 0) is 30.0 Å². The first kappa shape index (κ1) is 14.7. The van der Waals surface area contributed by atoms with E-state index in [1.54, 1.807) is 23.5 Å². The van der Waals surface area contributed by atoms with E-state index in [-0.39, 0.29) is 6.04 Å². The van der Waals surface area contributed by atoms with Crippen molar-refractivity contribution in [1.82, 2.24) is 4.72 Å². The van der Waals surface area contributed by atoms with Crippen LogP contribution in [0.2, 0.25) is 0 Å². The van der Waals surface area contributed by atoms with Crippen LogP contribution in [0.15, 0.2) is 33.9 Å². The van der Waals surface area contributed by atoms with Crippen molar-refractivity contribution in [3.05, 3.63) is 39.4 Å². The predicted octanol–water partition coefficient (Wildman–Crippen LogP) is 2.70. The Morgan fingerprint density at radius 2 is 2.16 bits per heavy atom. The number of sulfonamides is 1. The van der Waals surface area contributed by atoms with E-state index in [1.807, 2.05) is 24.4 Å². The van der Waals surface area contributed by atoms with Crippen LogP contribution in [-0.2, 0) is 16.6 Å². The van der Waals surface area contributed by atoms with Gasteiger partial charge in [0.1, 0.15) is 4.21 Å². The first-order chi connectivity index (χ1) is 9.06. The van der Waals surface area contributed by atoms with Crippen molar-refractivity contribution in [1.29, 1.82) is 0 Å². The zero-order chi connectivity index (χ0) is 13.9. The summed E-state index contributed by atoms with van der Waals surface area (Å²) in [7, 11) is -3.47. The number of hydrogen-bond acceptors (Lipinski definition) is 5. The Morgan fingerprint density at radius 1 is 1.37 bits per heavy atom. The van der Waals surface area contributed by atoms with E-state index in [2.05, 4.69) is 4.72 Å². The van der Waals surface area contributed by atoms with Crippen LogP contribution in [0.1, 0.15) is 29.1 Å². The van der Waals surface area contributed by atoms with Gasteiger partial charge in [-0.15, -0.1) is 22.7 Å². The summed E-state index contributed by atoms with van der Waals surface area (Å²) in [5.74, 6) is 0. The Hall–Kier alpha value is -0.730. The molecule has 0 aliphatic heterocycles. The summed E-state index contributed by atoms with van der Waals surface area (Å²) < 4.78 is 27.7. The topological polar surface area (TPSA) is 72.2 Å². The molecule has 0 radical (unpaired) electrons. The van der Waals surface area contributed by atoms with Crippen LogP contribution < -0.4 is 10.5 Å². The van der Waals surface area contributed by atoms with Crippen molar-refractivity contribution in [2.75, 3.05) is 0 Å². The highest BCUT2D eigenvalue weighted by atomic mass is 32.2. The third kappa shape index (κ3) is 3.43. The highest BCUT2D eigenvalue weighted by molar-refractivity contribution is 7.91. The lowest BCUT2D eigenvalue weighted by molar-refractivity contribution is 0.555. The summed E-state index contributed by atoms with van der Waals surface area (Å²) in [6.45, 7) is 2.33. The molecule has 0 saturated carbocycles. The third-order valence-corrected chi connectivity index (χ3v) is 6.75. The normalized spacial score (nSPS) is 13.6. The Kier molecular flexibility index (Phi) is 4.75. The molecule has 0 aromatic carbocycles. The lowest BCUT2D eigenvalue weighted by Crippen LogP contribution is -2.27. The molecule has 2 rings (SSSR count). The molecule has 0 amide bonds. The molecule has 0 bridgehead atoms. The van der Waals surface area contributed by atoms with E-state index in [0.717, 1.165) is 16.2 Å². The van der Waals surface area contributed by atoms with Gasteiger partial charge in [0, 0.05) is 16.3 Å². The average Bonchev–Trinajstić information content (AvgIpc) is 3.06. The Labute approximate surface area is 121 Å². The van der Waals surface area contributed by atoms with E-state index in [0.29, 0.717) is 10.8 Å². The van der Waals surface area contributed by atoms with Crippen molar-refractivity contribution in [3.8, 4) is 0 Å². The van der Waals surface area contributed by atoms with Gasteiger partial charge in [0.15, 0.2) is 0 Å². The Balaban J connectivity index is 2.20. The van der Waals surface area contributed by atoms with Crippen molar-refractivity contribution in [2.45, 2.75) is 30.1 Å². The summed E-state index contributed by atoms with van der Waals surface area (Å²) >= 11 is 2.78. The van der Waals surface area contributed by atoms with Crippen LogP contribution >= 0.6 is 22.7 Å². The number of rotatable bonds is 6. The van der Waals surface area contributed by atoms with E-state index in [9.17, 15) is 8.42 Å². The molecule has 104 valence electrons. The van der Waals surface area contributed by atoms with Crippen LogP contribution in [0.4, 0.5) is 0 Å². The largest absolute Gasteiger partial charge is 0.326 e. The minimum atomic E-state index is -3.47. The fourth-order valence-electron chi connectivity index (χ4n) is 1.69. The fourth-order valence-corrected chi connectivity index (χ4v) is 5.18. The second-order valence-corrected chi connectivity index (χ2v) is 8.11. The molecular weight excluding hydrogens is 300 g/mol. The number of thiophene rings is 2. The van der Waals surface area contributed by atoms with Gasteiger partial charge in [-0.3, -0.25) is 0 Å². The van der Waals surface area contributed by atoms with Gasteiger partial charge in [0.2, 0.25) is 0 Å². The van der Waals surface area contributed by atoms with Gasteiger partial charge in [-0.2, -0.15) is 0 Å². The van der Waals surface area contributed by atoms with Gasteiger partial charge in [-0.1, -0.05) is 13.0 Å². The molecule has 2 aromatic heterocycles. The molecule has 2 heterocycles. The SMILES string of the molecule is CCC(NS(=O)(=O)c1ccc(CN)s1)c1cccs1. The van der Waals surface area contributed by atoms with E-state index >= 15 is 0 Å². The third-order valence-electron chi connectivity index (χ3n) is 2.70. The second-order valence-electron chi connectivity index (χ2n) is 4.02. The quantitative estimate of drug-likeness (QED) is 0.860. The minimum absolute atomic E-state index is 0.173. The maximum absolute atomic E-state index is 12.3. The molecule has 0 saturated heterocycles. The lowest BCUT2D eigenvalue weighted by atomic mass is 10.2. The number of nitrogens with one attached hydrogen (secondary N) is 1. The van der Waals surface area contributed by atoms with Gasteiger partial charge in [-0.25, -0.2) is 13.1 Å². The van der Waals surface area contributed by atoms with Crippen molar-refractivity contribution >= 4 is 32.7 Å². The molecule has 19 heavy (non-hydrogen) atoms. The first-order valence-electron chi connectivity index (χ1n) is 5.91. The highest BCUT2D eigenvalue weighted by Gasteiger charge is 2.22. The summed E-state index contributed by atoms with van der Waals surface area (Å²) in [5, 5.41) is 1.95. The molecule has 1 unspecified atom stereocenters. The number of hydrogen-bond donors (Lipinski definition) is 2. The standard InChI is InChI=1S/C12H16N2O2S3/c1-2-10(11-4-3-7-17-11)14-19(15,16)12-6-5-9(8-13)18-12/h3-7,10,14H,2,8,13H2,1H3. The monoisotopic (exact) mass is 316 g/mol. The molecule has 0 spiro atoms. The lowest BCUT2D eigenvalue weighted by Gasteiger charge is -2.14. The van der Waals surface area contributed by atoms with Crippen molar-refractivity contribution in [3.63, 3.8) is 0 Å². The summed E-state index contributed by atoms with van der Waals surface area (Å²) in [4.78, 5) is 1.89. The Bertz CT molecular complexity index is 617. The van der Waals surface area contributed by atoms with Crippen LogP contribution in [0.5, 0.6) is 0 Å². The minimum Gasteiger partial charge on any atom is -0.326 e. The van der Waals surface area contributed by atoms with E-state index in [4.69, 9.17) is 5.73 Å². The van der Waals surface area contributed by atoms with Gasteiger partial charge in [0.25, 0.3) is 10.0 Å². The molecular formula is C12H16N2O2S3. The van der Waals surface area contributed by atoms with Gasteiger partial charge < -0.3 is 5.73 Å². The van der Waals surface area contributed by atoms with Crippen molar-refractivity contribution < 1.29 is 8.42 Å². The summed E-state index contributed by atoms with van der Waals surface area (Å²) in [6, 6.07) is 7.06. The average molecular weight is 316 g/mol. The zero-order valence-corrected chi connectivity index (χ0v) is 12.9. The molecule has 0 fully saturated rings. The molecule has 0 aliphatic carbocycles. The molecule has 4 nitrogen and oxygen atoms in total. The zero-order valence-electron chi connectivity index (χ0n) is 10.5. The summed E-state index contributed by atoms with van der Waals surface area (Å²) in [6.07, 6.45) is 0.717. The number of nitrogens with two attached hydrogens (primary N) is 1. The van der Waals surface area contributed by atoms with Gasteiger partial charge in [0.05, 0.1) is 6.04 Å². The van der Waals surface area contributed by atoms with E-state index < -0.39 is 10.0 Å². The first-order valence-corrected chi connectivity index (χ1v) is 9.09. The van der Waals surface area contributed by atoms with E-state index in [1.165, 1.54) is 11.3 Å². The van der Waals surface area contributed by atoms with Crippen LogP contribution in [0.25, 0.3) is 0 Å². The van der Waals surface area contributed by atoms with Crippen LogP contribution in [-0.4, -0.2) is 8.42 Å². The summed E-state index contributed by atoms with van der Waals surface area (Å²) in [5.41, 5.74) is 5.51. The molecule has 3 N–H and O–H groups in total.